The largest absolute Gasteiger partial charge is 0.380 e. The van der Waals surface area contributed by atoms with E-state index in [-0.39, 0.29) is 11.4 Å². The first-order chi connectivity index (χ1) is 4.22. The standard InChI is InChI=1S/C4H4F2N2O/c5-3(6)2-1-9-8-4(2)7/h1,3H,(H2,7,8). The van der Waals surface area contributed by atoms with Crippen LogP contribution in [0.15, 0.2) is 10.8 Å². The fourth-order valence-electron chi connectivity index (χ4n) is 0.416. The van der Waals surface area contributed by atoms with Crippen molar-refractivity contribution in [2.24, 2.45) is 0 Å². The SMILES string of the molecule is Nc1nocc1C(F)F. The molecule has 2 N–H and O–H groups in total. The summed E-state index contributed by atoms with van der Waals surface area (Å²) in [6.45, 7) is 0. The minimum absolute atomic E-state index is 0.245. The van der Waals surface area contributed by atoms with Crippen molar-refractivity contribution in [1.29, 1.82) is 0 Å². The molecule has 0 aliphatic carbocycles. The Hall–Kier alpha value is -1.13. The van der Waals surface area contributed by atoms with Crippen LogP contribution >= 0.6 is 0 Å². The number of alkyl halides is 2. The average molecular weight is 134 g/mol. The summed E-state index contributed by atoms with van der Waals surface area (Å²) in [5.74, 6) is -0.245. The van der Waals surface area contributed by atoms with Crippen LogP contribution in [0.1, 0.15) is 12.0 Å². The van der Waals surface area contributed by atoms with Gasteiger partial charge in [-0.05, 0) is 0 Å². The molecule has 0 atom stereocenters. The second-order valence-corrected chi connectivity index (χ2v) is 1.46. The maximum atomic E-state index is 11.7. The number of nitrogens with two attached hydrogens (primary N) is 1. The van der Waals surface area contributed by atoms with E-state index in [1.807, 2.05) is 0 Å². The molecule has 0 saturated heterocycles. The Morgan fingerprint density at radius 3 is 2.56 bits per heavy atom. The van der Waals surface area contributed by atoms with Gasteiger partial charge in [0.25, 0.3) is 6.43 Å². The van der Waals surface area contributed by atoms with Crippen LogP contribution in [0.5, 0.6) is 0 Å². The van der Waals surface area contributed by atoms with Gasteiger partial charge < -0.3 is 10.3 Å². The predicted molar refractivity (Wildman–Crippen MR) is 25.9 cm³/mol. The van der Waals surface area contributed by atoms with E-state index in [0.29, 0.717) is 0 Å². The van der Waals surface area contributed by atoms with Gasteiger partial charge in [-0.25, -0.2) is 8.78 Å². The maximum absolute atomic E-state index is 11.7. The van der Waals surface area contributed by atoms with E-state index < -0.39 is 6.43 Å². The highest BCUT2D eigenvalue weighted by Gasteiger charge is 2.13. The highest BCUT2D eigenvalue weighted by Crippen LogP contribution is 2.22. The van der Waals surface area contributed by atoms with Gasteiger partial charge in [-0.2, -0.15) is 0 Å². The highest BCUT2D eigenvalue weighted by atomic mass is 19.3. The van der Waals surface area contributed by atoms with Gasteiger partial charge in [0.2, 0.25) is 0 Å². The van der Waals surface area contributed by atoms with Crippen molar-refractivity contribution in [2.45, 2.75) is 6.43 Å². The zero-order valence-electron chi connectivity index (χ0n) is 4.34. The summed E-state index contributed by atoms with van der Waals surface area (Å²) in [4.78, 5) is 0. The molecular weight excluding hydrogens is 130 g/mol. The predicted octanol–water partition coefficient (Wildman–Crippen LogP) is 1.19. The molecule has 9 heavy (non-hydrogen) atoms. The Kier molecular flexibility index (Phi) is 1.33. The Bertz CT molecular complexity index is 198. The van der Waals surface area contributed by atoms with Crippen LogP contribution in [0.2, 0.25) is 0 Å². The van der Waals surface area contributed by atoms with Crippen molar-refractivity contribution in [3.8, 4) is 0 Å². The van der Waals surface area contributed by atoms with E-state index in [1.54, 1.807) is 0 Å². The molecule has 0 unspecified atom stereocenters. The first-order valence-electron chi connectivity index (χ1n) is 2.19. The van der Waals surface area contributed by atoms with Gasteiger partial charge in [0.1, 0.15) is 11.8 Å². The second-order valence-electron chi connectivity index (χ2n) is 1.46. The van der Waals surface area contributed by atoms with Crippen LogP contribution in [-0.2, 0) is 0 Å². The number of hydrogen-bond donors (Lipinski definition) is 1. The third-order valence-electron chi connectivity index (χ3n) is 0.862. The van der Waals surface area contributed by atoms with Gasteiger partial charge in [-0.1, -0.05) is 5.16 Å². The summed E-state index contributed by atoms with van der Waals surface area (Å²) in [6, 6.07) is 0. The lowest BCUT2D eigenvalue weighted by atomic mass is 10.3. The van der Waals surface area contributed by atoms with Crippen molar-refractivity contribution in [3.63, 3.8) is 0 Å². The fourth-order valence-corrected chi connectivity index (χ4v) is 0.416. The molecule has 1 heterocycles. The van der Waals surface area contributed by atoms with E-state index in [9.17, 15) is 8.78 Å². The van der Waals surface area contributed by atoms with E-state index in [4.69, 9.17) is 5.73 Å². The van der Waals surface area contributed by atoms with E-state index >= 15 is 0 Å². The van der Waals surface area contributed by atoms with Crippen LogP contribution in [0.25, 0.3) is 0 Å². The number of nitrogens with zero attached hydrogens (tertiary/aromatic N) is 1. The molecule has 0 radical (unpaired) electrons. The van der Waals surface area contributed by atoms with E-state index in [0.717, 1.165) is 6.26 Å². The molecule has 5 heteroatoms. The molecule has 0 amide bonds. The normalized spacial score (nSPS) is 10.6. The molecule has 1 rings (SSSR count). The summed E-state index contributed by atoms with van der Waals surface area (Å²) >= 11 is 0. The average Bonchev–Trinajstić information content (AvgIpc) is 2.13. The lowest BCUT2D eigenvalue weighted by molar-refractivity contribution is 0.151. The van der Waals surface area contributed by atoms with Gasteiger partial charge in [-0.15, -0.1) is 0 Å². The first kappa shape index (κ1) is 6.00. The Balaban J connectivity index is 2.94. The molecule has 0 aliphatic heterocycles. The van der Waals surface area contributed by atoms with E-state index in [2.05, 4.69) is 9.68 Å². The van der Waals surface area contributed by atoms with Crippen LogP contribution < -0.4 is 5.73 Å². The van der Waals surface area contributed by atoms with Gasteiger partial charge in [0.05, 0.1) is 0 Å². The molecule has 0 spiro atoms. The van der Waals surface area contributed by atoms with Crippen LogP contribution in [0.4, 0.5) is 14.6 Å². The van der Waals surface area contributed by atoms with Crippen molar-refractivity contribution in [2.75, 3.05) is 5.73 Å². The smallest absolute Gasteiger partial charge is 0.270 e. The van der Waals surface area contributed by atoms with Crippen molar-refractivity contribution in [3.05, 3.63) is 11.8 Å². The Morgan fingerprint density at radius 2 is 2.33 bits per heavy atom. The number of rotatable bonds is 1. The van der Waals surface area contributed by atoms with Gasteiger partial charge in [0, 0.05) is 0 Å². The van der Waals surface area contributed by atoms with Crippen molar-refractivity contribution >= 4 is 5.82 Å². The van der Waals surface area contributed by atoms with Crippen molar-refractivity contribution < 1.29 is 13.3 Å². The molecule has 3 nitrogen and oxygen atoms in total. The zero-order valence-corrected chi connectivity index (χ0v) is 4.34. The molecule has 0 bridgehead atoms. The monoisotopic (exact) mass is 134 g/mol. The van der Waals surface area contributed by atoms with Gasteiger partial charge in [0.15, 0.2) is 5.82 Å². The zero-order chi connectivity index (χ0) is 6.85. The molecular formula is C4H4F2N2O. The number of halogens is 2. The lowest BCUT2D eigenvalue weighted by Gasteiger charge is -1.89. The molecule has 50 valence electrons. The molecule has 0 aromatic carbocycles. The van der Waals surface area contributed by atoms with E-state index in [1.165, 1.54) is 0 Å². The number of anilines is 1. The minimum atomic E-state index is -2.60. The summed E-state index contributed by atoms with van der Waals surface area (Å²) in [5.41, 5.74) is 4.60. The Morgan fingerprint density at radius 1 is 1.67 bits per heavy atom. The van der Waals surface area contributed by atoms with Gasteiger partial charge >= 0.3 is 0 Å². The van der Waals surface area contributed by atoms with Gasteiger partial charge in [-0.3, -0.25) is 0 Å². The maximum Gasteiger partial charge on any atom is 0.270 e. The quantitative estimate of drug-likeness (QED) is 0.627. The molecule has 0 fully saturated rings. The van der Waals surface area contributed by atoms with Crippen LogP contribution in [0.3, 0.4) is 0 Å². The summed E-state index contributed by atoms with van der Waals surface area (Å²) in [5, 5.41) is 3.06. The van der Waals surface area contributed by atoms with Crippen LogP contribution in [0, 0.1) is 0 Å². The lowest BCUT2D eigenvalue weighted by Crippen LogP contribution is -1.90. The number of nitrogen functional groups attached to an aromatic ring is 1. The Labute approximate surface area is 49.4 Å². The summed E-state index contributed by atoms with van der Waals surface area (Å²) in [6.07, 6.45) is -1.77. The highest BCUT2D eigenvalue weighted by molar-refractivity contribution is 5.36. The first-order valence-corrected chi connectivity index (χ1v) is 2.19. The second kappa shape index (κ2) is 2.00. The summed E-state index contributed by atoms with van der Waals surface area (Å²) in [7, 11) is 0. The van der Waals surface area contributed by atoms with Crippen molar-refractivity contribution in [1.82, 2.24) is 5.16 Å². The number of hydrogen-bond acceptors (Lipinski definition) is 3. The molecule has 0 aliphatic rings. The molecule has 0 saturated carbocycles. The number of aromatic nitrogens is 1. The molecule has 1 aromatic rings. The fraction of sp³-hybridized carbons (Fsp3) is 0.250. The third-order valence-corrected chi connectivity index (χ3v) is 0.862. The third kappa shape index (κ3) is 0.984. The minimum Gasteiger partial charge on any atom is -0.380 e. The topological polar surface area (TPSA) is 52.0 Å². The summed E-state index contributed by atoms with van der Waals surface area (Å²) < 4.78 is 27.5. The molecule has 1 aromatic heterocycles. The van der Waals surface area contributed by atoms with Crippen LogP contribution in [-0.4, -0.2) is 5.16 Å².